The van der Waals surface area contributed by atoms with Crippen LogP contribution < -0.4 is 5.32 Å². The van der Waals surface area contributed by atoms with Crippen molar-refractivity contribution in [2.45, 2.75) is 19.0 Å². The van der Waals surface area contributed by atoms with Crippen LogP contribution in [0.3, 0.4) is 0 Å². The zero-order chi connectivity index (χ0) is 17.3. The normalized spacial score (nSPS) is 20.5. The van der Waals surface area contributed by atoms with E-state index in [0.29, 0.717) is 6.54 Å². The van der Waals surface area contributed by atoms with Crippen molar-refractivity contribution < 1.29 is 14.0 Å². The SMILES string of the molecule is CN1C(=O)C[C@H](C(=O)NCc2cn(C)cn2)[C@H]1c1ccc(F)cc1. The third kappa shape index (κ3) is 3.15. The van der Waals surface area contributed by atoms with Gasteiger partial charge in [-0.25, -0.2) is 9.37 Å². The van der Waals surface area contributed by atoms with Gasteiger partial charge in [0.1, 0.15) is 5.82 Å². The molecule has 1 fully saturated rings. The van der Waals surface area contributed by atoms with E-state index in [2.05, 4.69) is 10.3 Å². The molecule has 24 heavy (non-hydrogen) atoms. The van der Waals surface area contributed by atoms with Crippen LogP contribution in [-0.2, 0) is 23.2 Å². The number of benzene rings is 1. The lowest BCUT2D eigenvalue weighted by atomic mass is 9.93. The molecule has 1 aromatic carbocycles. The third-order valence-corrected chi connectivity index (χ3v) is 4.34. The summed E-state index contributed by atoms with van der Waals surface area (Å²) in [6, 6.07) is 5.54. The largest absolute Gasteiger partial charge is 0.350 e. The number of aromatic nitrogens is 2. The Morgan fingerprint density at radius 1 is 1.33 bits per heavy atom. The standard InChI is InChI=1S/C17H19FN4O2/c1-21-9-13(20-10-21)8-19-17(24)14-7-15(23)22(2)16(14)11-3-5-12(18)6-4-11/h3-6,9-10,14,16H,7-8H2,1-2H3,(H,19,24)/t14-,16+/m0/s1. The molecule has 1 saturated heterocycles. The maximum atomic E-state index is 13.1. The molecule has 7 heteroatoms. The summed E-state index contributed by atoms with van der Waals surface area (Å²) in [5, 5.41) is 2.84. The molecule has 6 nitrogen and oxygen atoms in total. The average Bonchev–Trinajstić information content (AvgIpc) is 3.10. The molecular formula is C17H19FN4O2. The number of hydrogen-bond donors (Lipinski definition) is 1. The summed E-state index contributed by atoms with van der Waals surface area (Å²) in [6.07, 6.45) is 3.63. The lowest BCUT2D eigenvalue weighted by Gasteiger charge is -2.24. The van der Waals surface area contributed by atoms with Gasteiger partial charge in [-0.2, -0.15) is 0 Å². The molecule has 2 aromatic rings. The summed E-state index contributed by atoms with van der Waals surface area (Å²) in [5.41, 5.74) is 1.50. The molecule has 0 saturated carbocycles. The van der Waals surface area contributed by atoms with Crippen molar-refractivity contribution in [1.82, 2.24) is 19.8 Å². The highest BCUT2D eigenvalue weighted by atomic mass is 19.1. The monoisotopic (exact) mass is 330 g/mol. The highest BCUT2D eigenvalue weighted by molar-refractivity contribution is 5.90. The molecule has 0 bridgehead atoms. The number of amides is 2. The first-order valence-corrected chi connectivity index (χ1v) is 7.71. The van der Waals surface area contributed by atoms with Crippen LogP contribution in [0.4, 0.5) is 4.39 Å². The van der Waals surface area contributed by atoms with E-state index in [1.807, 2.05) is 13.2 Å². The molecule has 0 aliphatic carbocycles. The minimum atomic E-state index is -0.503. The number of hydrogen-bond acceptors (Lipinski definition) is 3. The topological polar surface area (TPSA) is 67.2 Å². The molecule has 126 valence electrons. The van der Waals surface area contributed by atoms with E-state index in [-0.39, 0.29) is 30.1 Å². The molecule has 1 aliphatic rings. The van der Waals surface area contributed by atoms with Gasteiger partial charge >= 0.3 is 0 Å². The van der Waals surface area contributed by atoms with Gasteiger partial charge in [-0.3, -0.25) is 9.59 Å². The average molecular weight is 330 g/mol. The van der Waals surface area contributed by atoms with Gasteiger partial charge in [0.2, 0.25) is 11.8 Å². The fraction of sp³-hybridized carbons (Fsp3) is 0.353. The Hall–Kier alpha value is -2.70. The Morgan fingerprint density at radius 2 is 2.04 bits per heavy atom. The van der Waals surface area contributed by atoms with Crippen LogP contribution in [0.15, 0.2) is 36.8 Å². The zero-order valence-corrected chi connectivity index (χ0v) is 13.6. The summed E-state index contributed by atoms with van der Waals surface area (Å²) in [4.78, 5) is 30.4. The Balaban J connectivity index is 1.75. The second-order valence-corrected chi connectivity index (χ2v) is 6.06. The number of nitrogens with one attached hydrogen (secondary N) is 1. The van der Waals surface area contributed by atoms with Gasteiger partial charge in [0.05, 0.1) is 30.5 Å². The van der Waals surface area contributed by atoms with Gasteiger partial charge in [0, 0.05) is 26.7 Å². The van der Waals surface area contributed by atoms with Crippen LogP contribution in [0.25, 0.3) is 0 Å². The second-order valence-electron chi connectivity index (χ2n) is 6.06. The van der Waals surface area contributed by atoms with Gasteiger partial charge in [0.25, 0.3) is 0 Å². The van der Waals surface area contributed by atoms with Gasteiger partial charge in [-0.1, -0.05) is 12.1 Å². The minimum Gasteiger partial charge on any atom is -0.350 e. The fourth-order valence-electron chi connectivity index (χ4n) is 3.09. The molecule has 2 amide bonds. The van der Waals surface area contributed by atoms with E-state index in [1.54, 1.807) is 35.0 Å². The summed E-state index contributed by atoms with van der Waals surface area (Å²) in [5.74, 6) is -1.14. The number of nitrogens with zero attached hydrogens (tertiary/aromatic N) is 3. The quantitative estimate of drug-likeness (QED) is 0.921. The maximum Gasteiger partial charge on any atom is 0.226 e. The van der Waals surface area contributed by atoms with E-state index in [1.165, 1.54) is 12.1 Å². The van der Waals surface area contributed by atoms with Crippen LogP contribution in [0.2, 0.25) is 0 Å². The van der Waals surface area contributed by atoms with Crippen LogP contribution in [0.1, 0.15) is 23.7 Å². The predicted molar refractivity (Wildman–Crippen MR) is 85.1 cm³/mol. The predicted octanol–water partition coefficient (Wildman–Crippen LogP) is 1.39. The number of imidazole rings is 1. The lowest BCUT2D eigenvalue weighted by molar-refractivity contribution is -0.128. The summed E-state index contributed by atoms with van der Waals surface area (Å²) in [6.45, 7) is 0.310. The van der Waals surface area contributed by atoms with E-state index in [4.69, 9.17) is 0 Å². The van der Waals surface area contributed by atoms with Crippen molar-refractivity contribution in [3.63, 3.8) is 0 Å². The second kappa shape index (κ2) is 6.43. The van der Waals surface area contributed by atoms with Crippen molar-refractivity contribution in [3.05, 3.63) is 53.9 Å². The Kier molecular flexibility index (Phi) is 4.33. The molecule has 0 radical (unpaired) electrons. The van der Waals surface area contributed by atoms with Gasteiger partial charge < -0.3 is 14.8 Å². The minimum absolute atomic E-state index is 0.0951. The van der Waals surface area contributed by atoms with Gasteiger partial charge in [0.15, 0.2) is 0 Å². The highest BCUT2D eigenvalue weighted by Gasteiger charge is 2.42. The third-order valence-electron chi connectivity index (χ3n) is 4.34. The number of carbonyl (C=O) groups excluding carboxylic acids is 2. The van der Waals surface area contributed by atoms with Crippen LogP contribution in [0, 0.1) is 11.7 Å². The first-order chi connectivity index (χ1) is 11.5. The van der Waals surface area contributed by atoms with E-state index >= 15 is 0 Å². The molecular weight excluding hydrogens is 311 g/mol. The van der Waals surface area contributed by atoms with Crippen molar-refractivity contribution >= 4 is 11.8 Å². The zero-order valence-electron chi connectivity index (χ0n) is 13.6. The smallest absolute Gasteiger partial charge is 0.226 e. The van der Waals surface area contributed by atoms with E-state index < -0.39 is 5.92 Å². The highest BCUT2D eigenvalue weighted by Crippen LogP contribution is 2.37. The van der Waals surface area contributed by atoms with Crippen molar-refractivity contribution in [3.8, 4) is 0 Å². The fourth-order valence-corrected chi connectivity index (χ4v) is 3.09. The van der Waals surface area contributed by atoms with E-state index in [9.17, 15) is 14.0 Å². The van der Waals surface area contributed by atoms with Crippen LogP contribution >= 0.6 is 0 Å². The van der Waals surface area contributed by atoms with E-state index in [0.717, 1.165) is 11.3 Å². The Bertz CT molecular complexity index is 756. The molecule has 1 aromatic heterocycles. The molecule has 2 heterocycles. The molecule has 1 N–H and O–H groups in total. The molecule has 2 atom stereocenters. The molecule has 3 rings (SSSR count). The lowest BCUT2D eigenvalue weighted by Crippen LogP contribution is -2.34. The number of likely N-dealkylation sites (tertiary alicyclic amines) is 1. The number of rotatable bonds is 4. The number of carbonyl (C=O) groups is 2. The molecule has 0 spiro atoms. The number of halogens is 1. The van der Waals surface area contributed by atoms with Crippen molar-refractivity contribution in [2.24, 2.45) is 13.0 Å². The van der Waals surface area contributed by atoms with Crippen molar-refractivity contribution in [1.29, 1.82) is 0 Å². The first kappa shape index (κ1) is 16.2. The molecule has 1 aliphatic heterocycles. The Morgan fingerprint density at radius 3 is 2.67 bits per heavy atom. The molecule has 0 unspecified atom stereocenters. The van der Waals surface area contributed by atoms with Crippen LogP contribution in [-0.4, -0.2) is 33.3 Å². The van der Waals surface area contributed by atoms with Crippen molar-refractivity contribution in [2.75, 3.05) is 7.05 Å². The van der Waals surface area contributed by atoms with Crippen LogP contribution in [0.5, 0.6) is 0 Å². The number of aryl methyl sites for hydroxylation is 1. The first-order valence-electron chi connectivity index (χ1n) is 7.71. The van der Waals surface area contributed by atoms with Gasteiger partial charge in [-0.15, -0.1) is 0 Å². The summed E-state index contributed by atoms with van der Waals surface area (Å²) >= 11 is 0. The summed E-state index contributed by atoms with van der Waals surface area (Å²) < 4.78 is 14.9. The maximum absolute atomic E-state index is 13.1. The summed E-state index contributed by atoms with van der Waals surface area (Å²) in [7, 11) is 3.52. The van der Waals surface area contributed by atoms with Gasteiger partial charge in [-0.05, 0) is 17.7 Å². The Labute approximate surface area is 139 Å².